The predicted octanol–water partition coefficient (Wildman–Crippen LogP) is 4.14. The van der Waals surface area contributed by atoms with Crippen molar-refractivity contribution in [1.29, 1.82) is 0 Å². The van der Waals surface area contributed by atoms with Crippen molar-refractivity contribution in [3.05, 3.63) is 65.9 Å². The van der Waals surface area contributed by atoms with Gasteiger partial charge in [0.1, 0.15) is 0 Å². The lowest BCUT2D eigenvalue weighted by Gasteiger charge is -2.35. The Bertz CT molecular complexity index is 1220. The number of aliphatic hydroxyl groups is 1. The normalized spacial score (nSPS) is 14.8. The van der Waals surface area contributed by atoms with Crippen LogP contribution in [0.3, 0.4) is 0 Å². The number of hydrogen-bond acceptors (Lipinski definition) is 6. The first kappa shape index (κ1) is 20.8. The molecule has 0 bridgehead atoms. The maximum atomic E-state index is 9.14. The minimum Gasteiger partial charge on any atom is -0.395 e. The molecular formula is C24H25ClN6O. The van der Waals surface area contributed by atoms with Gasteiger partial charge in [0, 0.05) is 66.8 Å². The molecule has 3 N–H and O–H groups in total. The number of piperazine rings is 1. The molecule has 0 aliphatic carbocycles. The van der Waals surface area contributed by atoms with E-state index in [1.807, 2.05) is 36.5 Å². The summed E-state index contributed by atoms with van der Waals surface area (Å²) in [5, 5.41) is 14.1. The quantitative estimate of drug-likeness (QED) is 0.411. The molecule has 1 aliphatic heterocycles. The van der Waals surface area contributed by atoms with E-state index < -0.39 is 0 Å². The molecule has 2 aromatic carbocycles. The molecule has 4 aromatic rings. The lowest BCUT2D eigenvalue weighted by molar-refractivity contribution is 0.189. The molecule has 0 spiro atoms. The summed E-state index contributed by atoms with van der Waals surface area (Å²) in [4.78, 5) is 17.0. The highest BCUT2D eigenvalue weighted by Crippen LogP contribution is 2.33. The highest BCUT2D eigenvalue weighted by molar-refractivity contribution is 6.33. The largest absolute Gasteiger partial charge is 0.395 e. The molecule has 32 heavy (non-hydrogen) atoms. The number of benzene rings is 2. The minimum atomic E-state index is 0.209. The number of H-pyrrole nitrogens is 1. The first-order valence-corrected chi connectivity index (χ1v) is 11.1. The lowest BCUT2D eigenvalue weighted by Crippen LogP contribution is -2.47. The van der Waals surface area contributed by atoms with Gasteiger partial charge in [-0.25, -0.2) is 9.97 Å². The molecule has 164 valence electrons. The summed E-state index contributed by atoms with van der Waals surface area (Å²) < 4.78 is 0. The third-order valence-corrected chi connectivity index (χ3v) is 6.12. The van der Waals surface area contributed by atoms with E-state index in [1.165, 1.54) is 0 Å². The van der Waals surface area contributed by atoms with Crippen LogP contribution in [0, 0.1) is 0 Å². The van der Waals surface area contributed by atoms with Gasteiger partial charge in [0.05, 0.1) is 23.5 Å². The summed E-state index contributed by atoms with van der Waals surface area (Å²) >= 11 is 6.46. The topological polar surface area (TPSA) is 80.3 Å². The summed E-state index contributed by atoms with van der Waals surface area (Å²) in [7, 11) is 0. The smallest absolute Gasteiger partial charge is 0.227 e. The average Bonchev–Trinajstić information content (AvgIpc) is 3.25. The molecule has 0 atom stereocenters. The van der Waals surface area contributed by atoms with Crippen LogP contribution in [0.25, 0.3) is 22.2 Å². The van der Waals surface area contributed by atoms with Crippen LogP contribution >= 0.6 is 11.6 Å². The fourth-order valence-corrected chi connectivity index (χ4v) is 4.36. The number of para-hydroxylation sites is 1. The minimum absolute atomic E-state index is 0.209. The van der Waals surface area contributed by atoms with Crippen LogP contribution in [0.15, 0.2) is 60.9 Å². The Balaban J connectivity index is 1.36. The standard InChI is InChI=1S/C24H25ClN6O/c25-21-16-27-24(29-23(21)20-15-26-22-7-2-1-6-19(20)22)28-17-4-3-5-18(14-17)31-10-8-30(9-11-31)12-13-32/h1-7,14-16,26,32H,8-13H2,(H,27,28,29). The van der Waals surface area contributed by atoms with Gasteiger partial charge in [0.2, 0.25) is 5.95 Å². The second kappa shape index (κ2) is 9.16. The molecule has 7 nitrogen and oxygen atoms in total. The van der Waals surface area contributed by atoms with Crippen molar-refractivity contribution in [1.82, 2.24) is 19.9 Å². The number of nitrogens with one attached hydrogen (secondary N) is 2. The lowest BCUT2D eigenvalue weighted by atomic mass is 10.1. The number of fused-ring (bicyclic) bond motifs is 1. The number of halogens is 1. The summed E-state index contributed by atoms with van der Waals surface area (Å²) in [5.74, 6) is 0.500. The third-order valence-electron chi connectivity index (χ3n) is 5.84. The summed E-state index contributed by atoms with van der Waals surface area (Å²) in [6.07, 6.45) is 3.57. The van der Waals surface area contributed by atoms with Crippen LogP contribution in [-0.4, -0.2) is 64.3 Å². The van der Waals surface area contributed by atoms with Gasteiger partial charge in [0.15, 0.2) is 0 Å². The molecule has 2 aromatic heterocycles. The third kappa shape index (κ3) is 4.27. The number of aromatic nitrogens is 3. The number of aromatic amines is 1. The van der Waals surface area contributed by atoms with Crippen LogP contribution in [0.1, 0.15) is 0 Å². The van der Waals surface area contributed by atoms with E-state index in [1.54, 1.807) is 6.20 Å². The van der Waals surface area contributed by atoms with Gasteiger partial charge in [-0.05, 0) is 24.3 Å². The van der Waals surface area contributed by atoms with Crippen molar-refractivity contribution in [2.24, 2.45) is 0 Å². The maximum absolute atomic E-state index is 9.14. The number of rotatable bonds is 6. The van der Waals surface area contributed by atoms with E-state index in [-0.39, 0.29) is 6.61 Å². The van der Waals surface area contributed by atoms with Gasteiger partial charge in [-0.3, -0.25) is 4.90 Å². The highest BCUT2D eigenvalue weighted by Gasteiger charge is 2.17. The van der Waals surface area contributed by atoms with Gasteiger partial charge >= 0.3 is 0 Å². The molecule has 1 aliphatic rings. The Morgan fingerprint density at radius 1 is 1.06 bits per heavy atom. The number of aliphatic hydroxyl groups excluding tert-OH is 1. The van der Waals surface area contributed by atoms with Crippen molar-refractivity contribution in [2.45, 2.75) is 0 Å². The fraction of sp³-hybridized carbons (Fsp3) is 0.250. The van der Waals surface area contributed by atoms with Crippen LogP contribution < -0.4 is 10.2 Å². The van der Waals surface area contributed by atoms with Crippen LogP contribution in [-0.2, 0) is 0 Å². The number of β-amino-alcohol motifs (C(OH)–C–C–N with tert-alkyl or cyclic N) is 1. The molecule has 8 heteroatoms. The van der Waals surface area contributed by atoms with E-state index in [0.717, 1.165) is 60.6 Å². The highest BCUT2D eigenvalue weighted by atomic mass is 35.5. The molecule has 1 saturated heterocycles. The Labute approximate surface area is 191 Å². The molecule has 0 saturated carbocycles. The molecule has 0 unspecified atom stereocenters. The van der Waals surface area contributed by atoms with Gasteiger partial charge < -0.3 is 20.3 Å². The van der Waals surface area contributed by atoms with E-state index in [0.29, 0.717) is 16.7 Å². The van der Waals surface area contributed by atoms with Crippen molar-refractivity contribution in [3.63, 3.8) is 0 Å². The Morgan fingerprint density at radius 2 is 1.91 bits per heavy atom. The zero-order chi connectivity index (χ0) is 21.9. The molecular weight excluding hydrogens is 424 g/mol. The second-order valence-corrected chi connectivity index (χ2v) is 8.27. The SMILES string of the molecule is OCCN1CCN(c2cccc(Nc3ncc(Cl)c(-c4c[nH]c5ccccc45)n3)c2)CC1. The number of hydrogen-bond donors (Lipinski definition) is 3. The average molecular weight is 449 g/mol. The first-order valence-electron chi connectivity index (χ1n) is 10.8. The van der Waals surface area contributed by atoms with Crippen molar-refractivity contribution in [2.75, 3.05) is 49.5 Å². The van der Waals surface area contributed by atoms with Gasteiger partial charge in [-0.1, -0.05) is 35.9 Å². The zero-order valence-corrected chi connectivity index (χ0v) is 18.4. The van der Waals surface area contributed by atoms with Crippen LogP contribution in [0.4, 0.5) is 17.3 Å². The van der Waals surface area contributed by atoms with E-state index in [4.69, 9.17) is 21.7 Å². The van der Waals surface area contributed by atoms with E-state index in [2.05, 4.69) is 43.3 Å². The van der Waals surface area contributed by atoms with Crippen molar-refractivity contribution in [3.8, 4) is 11.3 Å². The number of nitrogens with zero attached hydrogens (tertiary/aromatic N) is 4. The van der Waals surface area contributed by atoms with Crippen molar-refractivity contribution >= 4 is 39.8 Å². The zero-order valence-electron chi connectivity index (χ0n) is 17.6. The fourth-order valence-electron chi connectivity index (χ4n) is 4.16. The Morgan fingerprint density at radius 3 is 2.75 bits per heavy atom. The monoisotopic (exact) mass is 448 g/mol. The summed E-state index contributed by atoms with van der Waals surface area (Å²) in [6, 6.07) is 16.4. The van der Waals surface area contributed by atoms with Crippen LogP contribution in [0.2, 0.25) is 5.02 Å². The molecule has 0 radical (unpaired) electrons. The van der Waals surface area contributed by atoms with Gasteiger partial charge in [0.25, 0.3) is 0 Å². The predicted molar refractivity (Wildman–Crippen MR) is 130 cm³/mol. The maximum Gasteiger partial charge on any atom is 0.227 e. The molecule has 5 rings (SSSR count). The Hall–Kier alpha value is -3.13. The first-order chi connectivity index (χ1) is 15.7. The Kier molecular flexibility index (Phi) is 5.94. The van der Waals surface area contributed by atoms with Crippen LogP contribution in [0.5, 0.6) is 0 Å². The molecule has 0 amide bonds. The van der Waals surface area contributed by atoms with Gasteiger partial charge in [-0.15, -0.1) is 0 Å². The summed E-state index contributed by atoms with van der Waals surface area (Å²) in [6.45, 7) is 4.72. The van der Waals surface area contributed by atoms with E-state index >= 15 is 0 Å². The second-order valence-electron chi connectivity index (χ2n) is 7.87. The van der Waals surface area contributed by atoms with E-state index in [9.17, 15) is 0 Å². The number of anilines is 3. The molecule has 1 fully saturated rings. The summed E-state index contributed by atoms with van der Waals surface area (Å²) in [5.41, 5.74) is 4.76. The van der Waals surface area contributed by atoms with Crippen molar-refractivity contribution < 1.29 is 5.11 Å². The van der Waals surface area contributed by atoms with Gasteiger partial charge in [-0.2, -0.15) is 0 Å². The molecule has 3 heterocycles.